The second-order valence-electron chi connectivity index (χ2n) is 18.4. The van der Waals surface area contributed by atoms with Crippen molar-refractivity contribution < 1.29 is 26.9 Å². The first kappa shape index (κ1) is 43.5. The summed E-state index contributed by atoms with van der Waals surface area (Å²) in [5.74, 6) is 0.106. The second kappa shape index (κ2) is 16.9. The number of ether oxygens (including phenoxy) is 1. The maximum Gasteiger partial charge on any atom is 0.269 e. The molecule has 12 heteroatoms. The molecule has 9 nitrogen and oxygen atoms in total. The highest BCUT2D eigenvalue weighted by atomic mass is 32.2. The third kappa shape index (κ3) is 10.2. The van der Waals surface area contributed by atoms with Gasteiger partial charge in [-0.1, -0.05) is 83.5 Å². The van der Waals surface area contributed by atoms with Gasteiger partial charge in [-0.25, -0.2) is 8.42 Å². The number of allylic oxidation sites excluding steroid dienone is 1. The van der Waals surface area contributed by atoms with Gasteiger partial charge in [-0.15, -0.1) is 0 Å². The number of nitro benzene ring substituents is 1. The molecule has 0 N–H and O–H groups in total. The van der Waals surface area contributed by atoms with Gasteiger partial charge < -0.3 is 13.6 Å². The molecule has 53 heavy (non-hydrogen) atoms. The molecule has 0 aromatic heterocycles. The fourth-order valence-electron chi connectivity index (χ4n) is 7.48. The highest BCUT2D eigenvalue weighted by Crippen LogP contribution is 2.55. The smallest absolute Gasteiger partial charge is 0.269 e. The SMILES string of the molecule is CC1=C[C@H](CCOCc2ccccc2)[C@@]2(CCCN(S(=O)(=O)c3ccc([N+](=O)[O-])cc3)CCC[C@@H]2O[Si](C)(C)C(C)(C)C)[C@@H](O[Si](C)(C)C(C)(C)C)C1. The molecule has 0 amide bonds. The number of hydrogen-bond donors (Lipinski definition) is 0. The van der Waals surface area contributed by atoms with E-state index in [1.54, 1.807) is 4.31 Å². The van der Waals surface area contributed by atoms with Crippen LogP contribution in [0.4, 0.5) is 5.69 Å². The molecule has 2 aromatic carbocycles. The van der Waals surface area contributed by atoms with E-state index in [9.17, 15) is 18.5 Å². The minimum Gasteiger partial charge on any atom is -0.413 e. The van der Waals surface area contributed by atoms with Crippen molar-refractivity contribution in [1.29, 1.82) is 0 Å². The topological polar surface area (TPSA) is 108 Å². The number of hydrogen-bond acceptors (Lipinski definition) is 7. The summed E-state index contributed by atoms with van der Waals surface area (Å²) in [5.41, 5.74) is 1.93. The van der Waals surface area contributed by atoms with Gasteiger partial charge in [0.05, 0.1) is 28.6 Å². The lowest BCUT2D eigenvalue weighted by molar-refractivity contribution is -0.384. The van der Waals surface area contributed by atoms with Crippen LogP contribution in [0.15, 0.2) is 71.1 Å². The lowest BCUT2D eigenvalue weighted by Gasteiger charge is -2.57. The Balaban J connectivity index is 1.79. The number of sulfonamides is 1. The monoisotopic (exact) mass is 786 g/mol. The summed E-state index contributed by atoms with van der Waals surface area (Å²) in [5, 5.41) is 11.3. The average Bonchev–Trinajstić information content (AvgIpc) is 3.14. The van der Waals surface area contributed by atoms with Crippen molar-refractivity contribution in [2.24, 2.45) is 11.3 Å². The van der Waals surface area contributed by atoms with Crippen molar-refractivity contribution in [2.45, 2.75) is 147 Å². The molecule has 2 aliphatic rings. The van der Waals surface area contributed by atoms with E-state index in [0.717, 1.165) is 24.8 Å². The van der Waals surface area contributed by atoms with Crippen LogP contribution in [-0.4, -0.2) is 66.2 Å². The van der Waals surface area contributed by atoms with Gasteiger partial charge in [0.1, 0.15) is 0 Å². The fourth-order valence-corrected chi connectivity index (χ4v) is 11.8. The molecule has 1 spiro atoms. The molecule has 0 saturated carbocycles. The summed E-state index contributed by atoms with van der Waals surface area (Å²) in [6.45, 7) is 27.1. The minimum atomic E-state index is -3.88. The van der Waals surface area contributed by atoms with Crippen molar-refractivity contribution in [3.63, 3.8) is 0 Å². The van der Waals surface area contributed by atoms with Gasteiger partial charge >= 0.3 is 0 Å². The maximum atomic E-state index is 14.1. The van der Waals surface area contributed by atoms with E-state index >= 15 is 0 Å². The first-order chi connectivity index (χ1) is 24.5. The van der Waals surface area contributed by atoms with Crippen molar-refractivity contribution in [2.75, 3.05) is 19.7 Å². The molecule has 1 saturated heterocycles. The van der Waals surface area contributed by atoms with Gasteiger partial charge in [-0.2, -0.15) is 4.31 Å². The second-order valence-corrected chi connectivity index (χ2v) is 29.8. The summed E-state index contributed by atoms with van der Waals surface area (Å²) >= 11 is 0. The molecule has 1 aliphatic carbocycles. The largest absolute Gasteiger partial charge is 0.413 e. The molecule has 0 unspecified atom stereocenters. The summed E-state index contributed by atoms with van der Waals surface area (Å²) in [7, 11) is -8.47. The van der Waals surface area contributed by atoms with Crippen LogP contribution in [0.2, 0.25) is 36.3 Å². The summed E-state index contributed by atoms with van der Waals surface area (Å²) < 4.78 is 51.3. The van der Waals surface area contributed by atoms with Gasteiger partial charge in [0, 0.05) is 37.2 Å². The van der Waals surface area contributed by atoms with Crippen LogP contribution in [0.1, 0.15) is 92.6 Å². The van der Waals surface area contributed by atoms with Gasteiger partial charge in [0.25, 0.3) is 5.69 Å². The zero-order chi connectivity index (χ0) is 39.5. The molecule has 296 valence electrons. The van der Waals surface area contributed by atoms with Crippen LogP contribution < -0.4 is 0 Å². The number of benzene rings is 2. The van der Waals surface area contributed by atoms with E-state index in [2.05, 4.69) is 92.9 Å². The highest BCUT2D eigenvalue weighted by molar-refractivity contribution is 7.89. The molecule has 4 atom stereocenters. The number of nitrogens with zero attached hydrogens (tertiary/aromatic N) is 2. The van der Waals surface area contributed by atoms with E-state index in [1.165, 1.54) is 29.8 Å². The molecule has 1 aliphatic heterocycles. The van der Waals surface area contributed by atoms with Crippen molar-refractivity contribution >= 4 is 32.3 Å². The van der Waals surface area contributed by atoms with E-state index in [0.29, 0.717) is 45.6 Å². The fraction of sp³-hybridized carbons (Fsp3) is 0.659. The Morgan fingerprint density at radius 2 is 1.43 bits per heavy atom. The lowest BCUT2D eigenvalue weighted by atomic mass is 9.59. The Labute approximate surface area is 322 Å². The van der Waals surface area contributed by atoms with Gasteiger partial charge in [-0.3, -0.25) is 10.1 Å². The molecule has 2 aromatic rings. The molecule has 0 radical (unpaired) electrons. The normalized spacial score (nSPS) is 24.3. The number of nitro groups is 1. The lowest BCUT2D eigenvalue weighted by Crippen LogP contribution is -2.60. The predicted octanol–water partition coefficient (Wildman–Crippen LogP) is 10.5. The quantitative estimate of drug-likeness (QED) is 0.0693. The minimum absolute atomic E-state index is 0.00146. The molecular weight excluding hydrogens is 721 g/mol. The Hall–Kier alpha value is -2.20. The van der Waals surface area contributed by atoms with Gasteiger partial charge in [0.15, 0.2) is 16.6 Å². The van der Waals surface area contributed by atoms with Gasteiger partial charge in [0.2, 0.25) is 10.0 Å². The number of rotatable bonds is 12. The number of non-ortho nitro benzene ring substituents is 1. The predicted molar refractivity (Wildman–Crippen MR) is 219 cm³/mol. The van der Waals surface area contributed by atoms with Crippen molar-refractivity contribution in [3.05, 3.63) is 81.9 Å². The van der Waals surface area contributed by atoms with E-state index in [4.69, 9.17) is 13.6 Å². The van der Waals surface area contributed by atoms with Crippen molar-refractivity contribution in [3.8, 4) is 0 Å². The molecule has 0 bridgehead atoms. The van der Waals surface area contributed by atoms with Crippen LogP contribution in [-0.2, 0) is 30.2 Å². The Morgan fingerprint density at radius 3 is 2.00 bits per heavy atom. The van der Waals surface area contributed by atoms with Crippen LogP contribution in [0, 0.1) is 21.4 Å². The van der Waals surface area contributed by atoms with Crippen LogP contribution in [0.5, 0.6) is 0 Å². The summed E-state index contributed by atoms with van der Waals surface area (Å²) in [6, 6.07) is 15.5. The average molecular weight is 787 g/mol. The van der Waals surface area contributed by atoms with Crippen LogP contribution >= 0.6 is 0 Å². The first-order valence-electron chi connectivity index (χ1n) is 19.4. The van der Waals surface area contributed by atoms with E-state index in [1.807, 2.05) is 18.2 Å². The molecular formula is C41H66N2O7SSi2. The highest BCUT2D eigenvalue weighted by Gasteiger charge is 2.57. The third-order valence-electron chi connectivity index (χ3n) is 12.6. The first-order valence-corrected chi connectivity index (χ1v) is 26.7. The van der Waals surface area contributed by atoms with Crippen molar-refractivity contribution in [1.82, 2.24) is 4.31 Å². The Bertz CT molecular complexity index is 1670. The van der Waals surface area contributed by atoms with Gasteiger partial charge in [-0.05, 0) is 105 Å². The zero-order valence-electron chi connectivity index (χ0n) is 34.2. The third-order valence-corrected chi connectivity index (χ3v) is 23.5. The Morgan fingerprint density at radius 1 is 0.868 bits per heavy atom. The molecule has 1 heterocycles. The maximum absolute atomic E-state index is 14.1. The Kier molecular flexibility index (Phi) is 13.9. The van der Waals surface area contributed by atoms with E-state index < -0.39 is 37.0 Å². The summed E-state index contributed by atoms with van der Waals surface area (Å²) in [6.07, 6.45) is 6.54. The zero-order valence-corrected chi connectivity index (χ0v) is 37.1. The van der Waals surface area contributed by atoms with Crippen LogP contribution in [0.3, 0.4) is 0 Å². The van der Waals surface area contributed by atoms with Crippen LogP contribution in [0.25, 0.3) is 0 Å². The standard InChI is InChI=1S/C41H66N2O7SSi2/c1-32-29-34(24-28-48-31-33-17-13-12-14-18-33)41(38(30-32)50-53(10,11)40(5,6)7)25-16-27-42(26-15-19-37(41)49-52(8,9)39(2,3)4)51(46,47)36-22-20-35(21-23-36)43(44)45/h12-14,17-18,20-23,29,34,37-38H,15-16,19,24-28,30-31H2,1-11H3/t34-,37-,38-,41+/m0/s1. The molecule has 1 fully saturated rings. The van der Waals surface area contributed by atoms with E-state index in [-0.39, 0.29) is 38.8 Å². The molecule has 4 rings (SSSR count). The summed E-state index contributed by atoms with van der Waals surface area (Å²) in [4.78, 5) is 10.9.